The third-order valence-corrected chi connectivity index (χ3v) is 4.86. The standard InChI is InChI=1S/C15H21ClN2/c16-10-13-11-17-8-7-15(13)18-9-3-6-14(18)12-4-1-2-5-12/h7-8,11-12,14H,1-6,9-10H2. The van der Waals surface area contributed by atoms with Crippen LogP contribution in [0.4, 0.5) is 5.69 Å². The molecule has 1 saturated carbocycles. The van der Waals surface area contributed by atoms with Gasteiger partial charge in [-0.2, -0.15) is 0 Å². The van der Waals surface area contributed by atoms with E-state index in [2.05, 4.69) is 16.0 Å². The SMILES string of the molecule is ClCc1cnccc1N1CCCC1C1CCCC1. The van der Waals surface area contributed by atoms with Crippen LogP contribution in [0.3, 0.4) is 0 Å². The third kappa shape index (κ3) is 2.23. The van der Waals surface area contributed by atoms with Gasteiger partial charge >= 0.3 is 0 Å². The van der Waals surface area contributed by atoms with E-state index < -0.39 is 0 Å². The van der Waals surface area contributed by atoms with E-state index in [-0.39, 0.29) is 0 Å². The Morgan fingerprint density at radius 2 is 2.06 bits per heavy atom. The average Bonchev–Trinajstić information content (AvgIpc) is 3.09. The number of pyridine rings is 1. The van der Waals surface area contributed by atoms with Crippen LogP contribution in [-0.4, -0.2) is 17.6 Å². The molecule has 1 aliphatic carbocycles. The van der Waals surface area contributed by atoms with E-state index in [1.807, 2.05) is 12.4 Å². The Morgan fingerprint density at radius 1 is 1.22 bits per heavy atom. The van der Waals surface area contributed by atoms with E-state index in [9.17, 15) is 0 Å². The van der Waals surface area contributed by atoms with Gasteiger partial charge in [0.05, 0.1) is 5.88 Å². The number of halogens is 1. The van der Waals surface area contributed by atoms with Crippen LogP contribution in [0, 0.1) is 5.92 Å². The van der Waals surface area contributed by atoms with Crippen molar-refractivity contribution in [3.63, 3.8) is 0 Å². The fraction of sp³-hybridized carbons (Fsp3) is 0.667. The molecule has 0 N–H and O–H groups in total. The monoisotopic (exact) mass is 264 g/mol. The lowest BCUT2D eigenvalue weighted by Gasteiger charge is -2.32. The second kappa shape index (κ2) is 5.48. The molecule has 0 aromatic carbocycles. The maximum absolute atomic E-state index is 6.05. The quantitative estimate of drug-likeness (QED) is 0.768. The van der Waals surface area contributed by atoms with E-state index in [0.717, 1.165) is 12.0 Å². The molecule has 0 radical (unpaired) electrons. The molecule has 2 nitrogen and oxygen atoms in total. The van der Waals surface area contributed by atoms with Gasteiger partial charge in [-0.15, -0.1) is 11.6 Å². The van der Waals surface area contributed by atoms with Gasteiger partial charge in [0.1, 0.15) is 0 Å². The zero-order valence-corrected chi connectivity index (χ0v) is 11.6. The van der Waals surface area contributed by atoms with Crippen molar-refractivity contribution in [2.45, 2.75) is 50.4 Å². The first-order valence-electron chi connectivity index (χ1n) is 7.15. The highest BCUT2D eigenvalue weighted by atomic mass is 35.5. The zero-order chi connectivity index (χ0) is 12.4. The average molecular weight is 265 g/mol. The van der Waals surface area contributed by atoms with Crippen molar-refractivity contribution in [3.8, 4) is 0 Å². The topological polar surface area (TPSA) is 16.1 Å². The van der Waals surface area contributed by atoms with Crippen LogP contribution in [-0.2, 0) is 5.88 Å². The van der Waals surface area contributed by atoms with Crippen molar-refractivity contribution in [1.29, 1.82) is 0 Å². The summed E-state index contributed by atoms with van der Waals surface area (Å²) in [6.45, 7) is 1.19. The normalized spacial score (nSPS) is 24.9. The highest BCUT2D eigenvalue weighted by Gasteiger charge is 2.33. The molecule has 2 aliphatic rings. The summed E-state index contributed by atoms with van der Waals surface area (Å²) in [5.41, 5.74) is 2.51. The van der Waals surface area contributed by atoms with Gasteiger partial charge in [0, 0.05) is 36.2 Å². The summed E-state index contributed by atoms with van der Waals surface area (Å²) in [6.07, 6.45) is 12.2. The van der Waals surface area contributed by atoms with E-state index in [1.54, 1.807) is 0 Å². The van der Waals surface area contributed by atoms with Crippen molar-refractivity contribution in [1.82, 2.24) is 4.98 Å². The van der Waals surface area contributed by atoms with Crippen LogP contribution in [0.1, 0.15) is 44.1 Å². The number of hydrogen-bond donors (Lipinski definition) is 0. The maximum atomic E-state index is 6.05. The number of rotatable bonds is 3. The Kier molecular flexibility index (Phi) is 3.74. The van der Waals surface area contributed by atoms with Gasteiger partial charge in [0.15, 0.2) is 0 Å². The predicted molar refractivity (Wildman–Crippen MR) is 76.1 cm³/mol. The molecule has 0 amide bonds. The third-order valence-electron chi connectivity index (χ3n) is 4.57. The maximum Gasteiger partial charge on any atom is 0.0509 e. The first-order chi connectivity index (χ1) is 8.90. The van der Waals surface area contributed by atoms with Crippen molar-refractivity contribution >= 4 is 17.3 Å². The van der Waals surface area contributed by atoms with Crippen LogP contribution < -0.4 is 4.90 Å². The number of hydrogen-bond acceptors (Lipinski definition) is 2. The smallest absolute Gasteiger partial charge is 0.0509 e. The summed E-state index contributed by atoms with van der Waals surface area (Å²) in [5, 5.41) is 0. The molecule has 1 aliphatic heterocycles. The van der Waals surface area contributed by atoms with Crippen molar-refractivity contribution < 1.29 is 0 Å². The summed E-state index contributed by atoms with van der Waals surface area (Å²) < 4.78 is 0. The molecule has 0 bridgehead atoms. The fourth-order valence-electron chi connectivity index (χ4n) is 3.73. The highest BCUT2D eigenvalue weighted by Crippen LogP contribution is 2.38. The lowest BCUT2D eigenvalue weighted by atomic mass is 9.95. The summed E-state index contributed by atoms with van der Waals surface area (Å²) >= 11 is 6.05. The lowest BCUT2D eigenvalue weighted by molar-refractivity contribution is 0.430. The van der Waals surface area contributed by atoms with Crippen LogP contribution in [0.5, 0.6) is 0 Å². The number of alkyl halides is 1. The largest absolute Gasteiger partial charge is 0.368 e. The minimum atomic E-state index is 0.567. The summed E-state index contributed by atoms with van der Waals surface area (Å²) in [4.78, 5) is 6.81. The minimum Gasteiger partial charge on any atom is -0.368 e. The van der Waals surface area contributed by atoms with Crippen LogP contribution >= 0.6 is 11.6 Å². The Morgan fingerprint density at radius 3 is 2.83 bits per heavy atom. The molecule has 1 aromatic heterocycles. The molecule has 2 heterocycles. The van der Waals surface area contributed by atoms with Crippen LogP contribution in [0.25, 0.3) is 0 Å². The Hall–Kier alpha value is -0.760. The van der Waals surface area contributed by atoms with Gasteiger partial charge in [-0.05, 0) is 37.7 Å². The number of aromatic nitrogens is 1. The van der Waals surface area contributed by atoms with Gasteiger partial charge in [-0.25, -0.2) is 0 Å². The second-order valence-corrected chi connectivity index (χ2v) is 5.85. The van der Waals surface area contributed by atoms with Crippen LogP contribution in [0.15, 0.2) is 18.5 Å². The van der Waals surface area contributed by atoms with E-state index in [1.165, 1.54) is 56.3 Å². The molecular formula is C15H21ClN2. The molecule has 1 unspecified atom stereocenters. The summed E-state index contributed by atoms with van der Waals surface area (Å²) in [7, 11) is 0. The first-order valence-corrected chi connectivity index (χ1v) is 7.69. The van der Waals surface area contributed by atoms with Crippen LogP contribution in [0.2, 0.25) is 0 Å². The molecule has 18 heavy (non-hydrogen) atoms. The lowest BCUT2D eigenvalue weighted by Crippen LogP contribution is -2.35. The van der Waals surface area contributed by atoms with Crippen molar-refractivity contribution in [2.24, 2.45) is 5.92 Å². The molecule has 1 atom stereocenters. The van der Waals surface area contributed by atoms with Gasteiger partial charge in [0.25, 0.3) is 0 Å². The number of anilines is 1. The summed E-state index contributed by atoms with van der Waals surface area (Å²) in [5.74, 6) is 1.47. The zero-order valence-electron chi connectivity index (χ0n) is 10.8. The molecule has 3 rings (SSSR count). The fourth-order valence-corrected chi connectivity index (χ4v) is 3.93. The molecule has 1 saturated heterocycles. The Balaban J connectivity index is 1.85. The molecule has 98 valence electrons. The van der Waals surface area contributed by atoms with E-state index in [4.69, 9.17) is 11.6 Å². The Labute approximate surface area is 114 Å². The second-order valence-electron chi connectivity index (χ2n) is 5.59. The molecule has 3 heteroatoms. The van der Waals surface area contributed by atoms with Crippen molar-refractivity contribution in [2.75, 3.05) is 11.4 Å². The highest BCUT2D eigenvalue weighted by molar-refractivity contribution is 6.17. The van der Waals surface area contributed by atoms with Gasteiger partial charge in [-0.1, -0.05) is 12.8 Å². The molecule has 0 spiro atoms. The van der Waals surface area contributed by atoms with Gasteiger partial charge in [0.2, 0.25) is 0 Å². The van der Waals surface area contributed by atoms with Gasteiger partial charge in [-0.3, -0.25) is 4.98 Å². The van der Waals surface area contributed by atoms with E-state index >= 15 is 0 Å². The Bertz CT molecular complexity index is 401. The first kappa shape index (κ1) is 12.3. The molecule has 2 fully saturated rings. The molecular weight excluding hydrogens is 244 g/mol. The minimum absolute atomic E-state index is 0.567. The number of nitrogens with zero attached hydrogens (tertiary/aromatic N) is 2. The van der Waals surface area contributed by atoms with Crippen molar-refractivity contribution in [3.05, 3.63) is 24.0 Å². The van der Waals surface area contributed by atoms with Gasteiger partial charge < -0.3 is 4.90 Å². The summed E-state index contributed by atoms with van der Waals surface area (Å²) in [6, 6.07) is 2.89. The van der Waals surface area contributed by atoms with E-state index in [0.29, 0.717) is 5.88 Å². The molecule has 1 aromatic rings. The predicted octanol–water partition coefficient (Wildman–Crippen LogP) is 3.98.